The van der Waals surface area contributed by atoms with E-state index in [0.29, 0.717) is 18.3 Å². The van der Waals surface area contributed by atoms with Crippen molar-refractivity contribution < 1.29 is 9.26 Å². The van der Waals surface area contributed by atoms with E-state index in [1.807, 2.05) is 18.2 Å². The molecule has 1 aromatic heterocycles. The highest BCUT2D eigenvalue weighted by Crippen LogP contribution is 2.30. The van der Waals surface area contributed by atoms with Crippen LogP contribution in [0.25, 0.3) is 11.5 Å². The summed E-state index contributed by atoms with van der Waals surface area (Å²) in [5.41, 5.74) is 0.841. The Bertz CT molecular complexity index is 611. The summed E-state index contributed by atoms with van der Waals surface area (Å²) in [4.78, 5) is 6.80. The fourth-order valence-electron chi connectivity index (χ4n) is 2.29. The fourth-order valence-corrected chi connectivity index (χ4v) is 2.71. The lowest BCUT2D eigenvalue weighted by molar-refractivity contribution is 0.225. The minimum absolute atomic E-state index is 0.505. The maximum Gasteiger partial charge on any atom is 0.259 e. The van der Waals surface area contributed by atoms with Gasteiger partial charge < -0.3 is 14.6 Å². The molecule has 1 saturated heterocycles. The summed E-state index contributed by atoms with van der Waals surface area (Å²) < 4.78 is 11.5. The van der Waals surface area contributed by atoms with Crippen LogP contribution in [0.4, 0.5) is 0 Å². The lowest BCUT2D eigenvalue weighted by atomic mass is 10.2. The number of ether oxygens (including phenoxy) is 1. The standard InChI is InChI=1S/C14H17BrN4O2/c1-20-10-2-3-12(15)11(8-10)14-17-13(18-21-14)9-19-6-4-16-5-7-19/h2-3,8,16H,4-7,9H2,1H3. The molecule has 2 heterocycles. The largest absolute Gasteiger partial charge is 0.497 e. The van der Waals surface area contributed by atoms with Crippen molar-refractivity contribution in [2.45, 2.75) is 6.54 Å². The Morgan fingerprint density at radius 2 is 2.19 bits per heavy atom. The van der Waals surface area contributed by atoms with Crippen LogP contribution in [0.3, 0.4) is 0 Å². The van der Waals surface area contributed by atoms with Gasteiger partial charge in [-0.1, -0.05) is 5.16 Å². The Kier molecular flexibility index (Phi) is 4.52. The van der Waals surface area contributed by atoms with Crippen molar-refractivity contribution in [3.63, 3.8) is 0 Å². The third-order valence-corrected chi connectivity index (χ3v) is 4.14. The zero-order valence-electron chi connectivity index (χ0n) is 11.8. The van der Waals surface area contributed by atoms with Gasteiger partial charge in [0.15, 0.2) is 5.82 Å². The number of nitrogens with zero attached hydrogens (tertiary/aromatic N) is 3. The molecular weight excluding hydrogens is 336 g/mol. The third kappa shape index (κ3) is 3.42. The van der Waals surface area contributed by atoms with Gasteiger partial charge in [0.05, 0.1) is 19.2 Å². The van der Waals surface area contributed by atoms with Gasteiger partial charge in [-0.25, -0.2) is 0 Å². The molecule has 2 aromatic rings. The second-order valence-electron chi connectivity index (χ2n) is 4.89. The molecule has 1 fully saturated rings. The van der Waals surface area contributed by atoms with E-state index in [1.54, 1.807) is 7.11 Å². The SMILES string of the molecule is COc1ccc(Br)c(-c2nc(CN3CCNCC3)no2)c1. The van der Waals surface area contributed by atoms with Crippen molar-refractivity contribution in [3.8, 4) is 17.2 Å². The molecule has 0 atom stereocenters. The number of aromatic nitrogens is 2. The average molecular weight is 353 g/mol. The van der Waals surface area contributed by atoms with Crippen LogP contribution in [-0.4, -0.2) is 48.3 Å². The summed E-state index contributed by atoms with van der Waals surface area (Å²) in [6.45, 7) is 4.74. The number of hydrogen-bond donors (Lipinski definition) is 1. The van der Waals surface area contributed by atoms with Gasteiger partial charge in [0.25, 0.3) is 5.89 Å². The zero-order chi connectivity index (χ0) is 14.7. The van der Waals surface area contributed by atoms with E-state index in [2.05, 4.69) is 36.3 Å². The van der Waals surface area contributed by atoms with Crippen molar-refractivity contribution in [3.05, 3.63) is 28.5 Å². The van der Waals surface area contributed by atoms with Gasteiger partial charge in [-0.15, -0.1) is 0 Å². The molecule has 7 heteroatoms. The highest BCUT2D eigenvalue weighted by Gasteiger charge is 2.16. The molecule has 0 radical (unpaired) electrons. The normalized spacial score (nSPS) is 16.1. The number of benzene rings is 1. The number of halogens is 1. The zero-order valence-corrected chi connectivity index (χ0v) is 13.4. The molecular formula is C14H17BrN4O2. The number of rotatable bonds is 4. The van der Waals surface area contributed by atoms with Crippen LogP contribution in [0.2, 0.25) is 0 Å². The first-order valence-corrected chi connectivity index (χ1v) is 7.65. The number of nitrogens with one attached hydrogen (secondary N) is 1. The van der Waals surface area contributed by atoms with E-state index in [0.717, 1.165) is 42.0 Å². The van der Waals surface area contributed by atoms with Gasteiger partial charge in [0.1, 0.15) is 5.75 Å². The molecule has 1 aromatic carbocycles. The van der Waals surface area contributed by atoms with Crippen LogP contribution >= 0.6 is 15.9 Å². The summed E-state index contributed by atoms with van der Waals surface area (Å²) in [6, 6.07) is 5.67. The van der Waals surface area contributed by atoms with Crippen molar-refractivity contribution in [1.29, 1.82) is 0 Å². The van der Waals surface area contributed by atoms with E-state index in [4.69, 9.17) is 9.26 Å². The van der Waals surface area contributed by atoms with Gasteiger partial charge >= 0.3 is 0 Å². The Labute approximate surface area is 131 Å². The highest BCUT2D eigenvalue weighted by molar-refractivity contribution is 9.10. The van der Waals surface area contributed by atoms with Crippen molar-refractivity contribution >= 4 is 15.9 Å². The summed E-state index contributed by atoms with van der Waals surface area (Å²) >= 11 is 3.50. The first kappa shape index (κ1) is 14.5. The first-order valence-electron chi connectivity index (χ1n) is 6.86. The topological polar surface area (TPSA) is 63.4 Å². The molecule has 3 rings (SSSR count). The predicted molar refractivity (Wildman–Crippen MR) is 82.1 cm³/mol. The van der Waals surface area contributed by atoms with Gasteiger partial charge in [-0.3, -0.25) is 4.90 Å². The van der Waals surface area contributed by atoms with Crippen LogP contribution in [0.1, 0.15) is 5.82 Å². The summed E-state index contributed by atoms with van der Waals surface area (Å²) in [5, 5.41) is 7.40. The second kappa shape index (κ2) is 6.55. The molecule has 0 bridgehead atoms. The van der Waals surface area contributed by atoms with Crippen molar-refractivity contribution in [2.24, 2.45) is 0 Å². The van der Waals surface area contributed by atoms with E-state index in [1.165, 1.54) is 0 Å². The van der Waals surface area contributed by atoms with Crippen LogP contribution in [0.5, 0.6) is 5.75 Å². The summed E-state index contributed by atoms with van der Waals surface area (Å²) in [7, 11) is 1.64. The highest BCUT2D eigenvalue weighted by atomic mass is 79.9. The molecule has 1 aliphatic heterocycles. The van der Waals surface area contributed by atoms with E-state index in [9.17, 15) is 0 Å². The molecule has 1 aliphatic rings. The molecule has 0 unspecified atom stereocenters. The maximum absolute atomic E-state index is 5.38. The van der Waals surface area contributed by atoms with Gasteiger partial charge in [-0.05, 0) is 34.1 Å². The van der Waals surface area contributed by atoms with Crippen LogP contribution < -0.4 is 10.1 Å². The molecule has 1 N–H and O–H groups in total. The monoisotopic (exact) mass is 352 g/mol. The second-order valence-corrected chi connectivity index (χ2v) is 5.74. The molecule has 0 saturated carbocycles. The minimum atomic E-state index is 0.505. The lowest BCUT2D eigenvalue weighted by Crippen LogP contribution is -2.43. The molecule has 21 heavy (non-hydrogen) atoms. The Hall–Kier alpha value is -1.44. The fraction of sp³-hybridized carbons (Fsp3) is 0.429. The van der Waals surface area contributed by atoms with Crippen LogP contribution in [0, 0.1) is 0 Å². The van der Waals surface area contributed by atoms with Gasteiger partial charge in [-0.2, -0.15) is 4.98 Å². The Morgan fingerprint density at radius 3 is 2.95 bits per heavy atom. The van der Waals surface area contributed by atoms with Crippen LogP contribution in [-0.2, 0) is 6.54 Å². The van der Waals surface area contributed by atoms with E-state index < -0.39 is 0 Å². The number of piperazine rings is 1. The van der Waals surface area contributed by atoms with Gasteiger partial charge in [0.2, 0.25) is 0 Å². The average Bonchev–Trinajstić information content (AvgIpc) is 2.97. The van der Waals surface area contributed by atoms with E-state index >= 15 is 0 Å². The maximum atomic E-state index is 5.38. The first-order chi connectivity index (χ1) is 10.3. The number of methoxy groups -OCH3 is 1. The molecule has 0 spiro atoms. The Balaban J connectivity index is 1.77. The smallest absolute Gasteiger partial charge is 0.259 e. The quantitative estimate of drug-likeness (QED) is 0.906. The summed E-state index contributed by atoms with van der Waals surface area (Å²) in [5.74, 6) is 1.97. The number of hydrogen-bond acceptors (Lipinski definition) is 6. The molecule has 0 aliphatic carbocycles. The van der Waals surface area contributed by atoms with Crippen molar-refractivity contribution in [1.82, 2.24) is 20.4 Å². The van der Waals surface area contributed by atoms with Crippen molar-refractivity contribution in [2.75, 3.05) is 33.3 Å². The van der Waals surface area contributed by atoms with Crippen LogP contribution in [0.15, 0.2) is 27.2 Å². The van der Waals surface area contributed by atoms with Gasteiger partial charge in [0, 0.05) is 30.7 Å². The summed E-state index contributed by atoms with van der Waals surface area (Å²) in [6.07, 6.45) is 0. The molecule has 0 amide bonds. The van der Waals surface area contributed by atoms with E-state index in [-0.39, 0.29) is 0 Å². The predicted octanol–water partition coefficient (Wildman–Crippen LogP) is 1.91. The minimum Gasteiger partial charge on any atom is -0.497 e. The third-order valence-electron chi connectivity index (χ3n) is 3.45. The Morgan fingerprint density at radius 1 is 1.38 bits per heavy atom. The lowest BCUT2D eigenvalue weighted by Gasteiger charge is -2.25. The molecule has 112 valence electrons. The molecule has 6 nitrogen and oxygen atoms in total.